The summed E-state index contributed by atoms with van der Waals surface area (Å²) in [5, 5.41) is 0. The van der Waals surface area contributed by atoms with Crippen molar-refractivity contribution in [1.82, 2.24) is 4.72 Å². The van der Waals surface area contributed by atoms with Gasteiger partial charge in [-0.05, 0) is 6.42 Å². The molecule has 1 rings (SSSR count). The fourth-order valence-corrected chi connectivity index (χ4v) is 3.25. The second-order valence-corrected chi connectivity index (χ2v) is 6.00. The summed E-state index contributed by atoms with van der Waals surface area (Å²) in [6.07, 6.45) is -4.06. The summed E-state index contributed by atoms with van der Waals surface area (Å²) in [5.74, 6) is -0.290. The molecule has 0 radical (unpaired) electrons. The van der Waals surface area contributed by atoms with Gasteiger partial charge in [-0.1, -0.05) is 13.3 Å². The summed E-state index contributed by atoms with van der Waals surface area (Å²) in [5.41, 5.74) is -2.44. The molecule has 1 atom stereocenters. The van der Waals surface area contributed by atoms with Gasteiger partial charge < -0.3 is 4.74 Å². The van der Waals surface area contributed by atoms with Crippen LogP contribution in [0.5, 0.6) is 0 Å². The molecule has 0 bridgehead atoms. The molecule has 0 unspecified atom stereocenters. The maximum Gasteiger partial charge on any atom is 0.409 e. The second-order valence-electron chi connectivity index (χ2n) is 4.16. The van der Waals surface area contributed by atoms with Gasteiger partial charge in [0.15, 0.2) is 5.54 Å². The van der Waals surface area contributed by atoms with E-state index < -0.39 is 28.3 Å². The number of sulfonamides is 1. The maximum absolute atomic E-state index is 12.9. The molecule has 1 N–H and O–H groups in total. The molecule has 0 aromatic rings. The largest absolute Gasteiger partial charge is 0.409 e. The van der Waals surface area contributed by atoms with E-state index in [1.54, 1.807) is 11.6 Å². The summed E-state index contributed by atoms with van der Waals surface area (Å²) in [6.45, 7) is 1.03. The molecular formula is C9H16F3NO3S. The highest BCUT2D eigenvalue weighted by Crippen LogP contribution is 2.37. The van der Waals surface area contributed by atoms with Gasteiger partial charge in [-0.2, -0.15) is 17.9 Å². The average Bonchev–Trinajstić information content (AvgIpc) is 2.63. The van der Waals surface area contributed by atoms with Crippen LogP contribution in [-0.2, 0) is 14.8 Å². The minimum absolute atomic E-state index is 0.0875. The molecule has 1 fully saturated rings. The Morgan fingerprint density at radius 1 is 1.41 bits per heavy atom. The Balaban J connectivity index is 2.81. The maximum atomic E-state index is 12.9. The lowest BCUT2D eigenvalue weighted by atomic mass is 10.0. The minimum Gasteiger partial charge on any atom is -0.379 e. The SMILES string of the molecule is CCCCS(=O)(=O)N[C@]1(C(F)(F)F)CCOC1. The Morgan fingerprint density at radius 3 is 2.47 bits per heavy atom. The molecule has 0 amide bonds. The van der Waals surface area contributed by atoms with Gasteiger partial charge in [-0.25, -0.2) is 8.42 Å². The molecule has 0 aromatic heterocycles. The summed E-state index contributed by atoms with van der Waals surface area (Å²) in [4.78, 5) is 0. The van der Waals surface area contributed by atoms with Crippen molar-refractivity contribution in [3.05, 3.63) is 0 Å². The van der Waals surface area contributed by atoms with Gasteiger partial charge in [-0.15, -0.1) is 0 Å². The van der Waals surface area contributed by atoms with Crippen LogP contribution in [0.2, 0.25) is 0 Å². The van der Waals surface area contributed by atoms with E-state index in [0.717, 1.165) is 0 Å². The van der Waals surface area contributed by atoms with E-state index >= 15 is 0 Å². The molecule has 1 heterocycles. The first-order chi connectivity index (χ1) is 7.72. The minimum atomic E-state index is -4.64. The van der Waals surface area contributed by atoms with E-state index in [9.17, 15) is 21.6 Å². The van der Waals surface area contributed by atoms with Gasteiger partial charge in [-0.3, -0.25) is 0 Å². The van der Waals surface area contributed by atoms with Crippen LogP contribution in [-0.4, -0.2) is 39.1 Å². The first-order valence-electron chi connectivity index (χ1n) is 5.38. The number of hydrogen-bond donors (Lipinski definition) is 1. The highest BCUT2D eigenvalue weighted by Gasteiger charge is 2.58. The molecule has 8 heteroatoms. The normalized spacial score (nSPS) is 26.4. The van der Waals surface area contributed by atoms with Crippen molar-refractivity contribution in [3.8, 4) is 0 Å². The molecule has 0 spiro atoms. The molecule has 1 aliphatic rings. The molecular weight excluding hydrogens is 259 g/mol. The third kappa shape index (κ3) is 3.56. The molecule has 0 aliphatic carbocycles. The quantitative estimate of drug-likeness (QED) is 0.825. The lowest BCUT2D eigenvalue weighted by molar-refractivity contribution is -0.189. The number of unbranched alkanes of at least 4 members (excludes halogenated alkanes) is 1. The first-order valence-corrected chi connectivity index (χ1v) is 7.04. The zero-order valence-corrected chi connectivity index (χ0v) is 10.3. The zero-order chi connectivity index (χ0) is 13.2. The van der Waals surface area contributed by atoms with Crippen LogP contribution in [0.25, 0.3) is 0 Å². The number of rotatable bonds is 5. The Morgan fingerprint density at radius 2 is 2.06 bits per heavy atom. The average molecular weight is 275 g/mol. The predicted octanol–water partition coefficient (Wildman–Crippen LogP) is 1.43. The molecule has 17 heavy (non-hydrogen) atoms. The highest BCUT2D eigenvalue weighted by molar-refractivity contribution is 7.89. The van der Waals surface area contributed by atoms with Gasteiger partial charge in [0.2, 0.25) is 10.0 Å². The van der Waals surface area contributed by atoms with Crippen LogP contribution >= 0.6 is 0 Å². The molecule has 102 valence electrons. The fourth-order valence-electron chi connectivity index (χ4n) is 1.61. The van der Waals surface area contributed by atoms with Crippen molar-refractivity contribution in [1.29, 1.82) is 0 Å². The lowest BCUT2D eigenvalue weighted by Crippen LogP contribution is -2.59. The Kier molecular flexibility index (Phi) is 4.43. The first kappa shape index (κ1) is 14.7. The number of hydrogen-bond acceptors (Lipinski definition) is 3. The third-order valence-electron chi connectivity index (χ3n) is 2.68. The van der Waals surface area contributed by atoms with Gasteiger partial charge in [0.05, 0.1) is 12.4 Å². The predicted molar refractivity (Wildman–Crippen MR) is 56.1 cm³/mol. The lowest BCUT2D eigenvalue weighted by Gasteiger charge is -2.30. The smallest absolute Gasteiger partial charge is 0.379 e. The van der Waals surface area contributed by atoms with E-state index in [-0.39, 0.29) is 18.8 Å². The summed E-state index contributed by atoms with van der Waals surface area (Å²) < 4.78 is 68.1. The van der Waals surface area contributed by atoms with Gasteiger partial charge in [0.25, 0.3) is 0 Å². The summed E-state index contributed by atoms with van der Waals surface area (Å²) in [7, 11) is -3.92. The summed E-state index contributed by atoms with van der Waals surface area (Å²) in [6, 6.07) is 0. The van der Waals surface area contributed by atoms with Crippen LogP contribution in [0.4, 0.5) is 13.2 Å². The fraction of sp³-hybridized carbons (Fsp3) is 1.00. The third-order valence-corrected chi connectivity index (χ3v) is 4.21. The van der Waals surface area contributed by atoms with Crippen LogP contribution in [0.15, 0.2) is 0 Å². The van der Waals surface area contributed by atoms with Crippen LogP contribution < -0.4 is 4.72 Å². The van der Waals surface area contributed by atoms with Crippen LogP contribution in [0.1, 0.15) is 26.2 Å². The molecule has 1 saturated heterocycles. The number of nitrogens with one attached hydrogen (secondary N) is 1. The second kappa shape index (κ2) is 5.11. The van der Waals surface area contributed by atoms with Crippen molar-refractivity contribution in [3.63, 3.8) is 0 Å². The topological polar surface area (TPSA) is 55.4 Å². The van der Waals surface area contributed by atoms with E-state index in [1.807, 2.05) is 0 Å². The monoisotopic (exact) mass is 275 g/mol. The number of halogens is 3. The zero-order valence-electron chi connectivity index (χ0n) is 9.51. The van der Waals surface area contributed by atoms with Crippen molar-refractivity contribution in [2.75, 3.05) is 19.0 Å². The van der Waals surface area contributed by atoms with Crippen molar-refractivity contribution in [2.45, 2.75) is 37.9 Å². The van der Waals surface area contributed by atoms with E-state index in [1.165, 1.54) is 0 Å². The van der Waals surface area contributed by atoms with Gasteiger partial charge in [0, 0.05) is 13.0 Å². The van der Waals surface area contributed by atoms with Crippen molar-refractivity contribution < 1.29 is 26.3 Å². The number of alkyl halides is 3. The molecule has 1 aliphatic heterocycles. The summed E-state index contributed by atoms with van der Waals surface area (Å²) >= 11 is 0. The van der Waals surface area contributed by atoms with E-state index in [2.05, 4.69) is 0 Å². The highest BCUT2D eigenvalue weighted by atomic mass is 32.2. The van der Waals surface area contributed by atoms with Gasteiger partial charge in [0.1, 0.15) is 0 Å². The molecule has 0 saturated carbocycles. The van der Waals surface area contributed by atoms with Gasteiger partial charge >= 0.3 is 6.18 Å². The van der Waals surface area contributed by atoms with Crippen LogP contribution in [0.3, 0.4) is 0 Å². The van der Waals surface area contributed by atoms with E-state index in [0.29, 0.717) is 12.8 Å². The van der Waals surface area contributed by atoms with E-state index in [4.69, 9.17) is 4.74 Å². The Labute approximate surface area is 98.6 Å². The Bertz CT molecular complexity index is 347. The molecule has 0 aromatic carbocycles. The van der Waals surface area contributed by atoms with Crippen molar-refractivity contribution in [2.24, 2.45) is 0 Å². The van der Waals surface area contributed by atoms with Crippen LogP contribution in [0, 0.1) is 0 Å². The molecule has 4 nitrogen and oxygen atoms in total. The number of ether oxygens (including phenoxy) is 1. The standard InChI is InChI=1S/C9H16F3NO3S/c1-2-3-6-17(14,15)13-8(9(10,11)12)4-5-16-7-8/h13H,2-7H2,1H3/t8-/m1/s1. The van der Waals surface area contributed by atoms with Crippen molar-refractivity contribution >= 4 is 10.0 Å². The Hall–Kier alpha value is -0.340.